The predicted octanol–water partition coefficient (Wildman–Crippen LogP) is 3.14. The van der Waals surface area contributed by atoms with Gasteiger partial charge in [0.15, 0.2) is 0 Å². The minimum absolute atomic E-state index is 0.0885. The molecule has 3 aromatic rings. The number of hydrogen-bond donors (Lipinski definition) is 2. The Kier molecular flexibility index (Phi) is 5.11. The highest BCUT2D eigenvalue weighted by Crippen LogP contribution is 2.30. The van der Waals surface area contributed by atoms with E-state index in [1.165, 1.54) is 0 Å². The summed E-state index contributed by atoms with van der Waals surface area (Å²) in [6, 6.07) is 3.33. The van der Waals surface area contributed by atoms with Crippen molar-refractivity contribution in [2.45, 2.75) is 47.1 Å². The van der Waals surface area contributed by atoms with E-state index >= 15 is 0 Å². The van der Waals surface area contributed by atoms with Crippen molar-refractivity contribution in [3.05, 3.63) is 45.0 Å². The summed E-state index contributed by atoms with van der Waals surface area (Å²) in [5, 5.41) is 13.9. The first-order valence-corrected chi connectivity index (χ1v) is 9.09. The molecule has 0 saturated heterocycles. The molecule has 3 rings (SSSR count). The van der Waals surface area contributed by atoms with Crippen LogP contribution in [-0.2, 0) is 11.2 Å². The lowest BCUT2D eigenvalue weighted by molar-refractivity contribution is -0.121. The molecule has 144 valence electrons. The van der Waals surface area contributed by atoms with Gasteiger partial charge in [-0.1, -0.05) is 13.8 Å². The first-order chi connectivity index (χ1) is 12.7. The van der Waals surface area contributed by atoms with E-state index in [1.807, 2.05) is 40.7 Å². The van der Waals surface area contributed by atoms with Crippen LogP contribution in [0.1, 0.15) is 36.3 Å². The third-order valence-electron chi connectivity index (χ3n) is 5.27. The summed E-state index contributed by atoms with van der Waals surface area (Å²) in [5.74, 6) is 0.603. The molecule has 27 heavy (non-hydrogen) atoms. The van der Waals surface area contributed by atoms with Crippen molar-refractivity contribution < 1.29 is 18.7 Å². The van der Waals surface area contributed by atoms with E-state index in [2.05, 4.69) is 5.32 Å². The van der Waals surface area contributed by atoms with Gasteiger partial charge < -0.3 is 19.3 Å². The molecule has 1 amide bonds. The second-order valence-corrected chi connectivity index (χ2v) is 7.40. The van der Waals surface area contributed by atoms with E-state index in [0.29, 0.717) is 16.7 Å². The SMILES string of the molecule is Cc1oc2cc3oc(=O)c(CC(=O)N[C@H](CO)C(C)C)c(C)c3cc2c1C. The van der Waals surface area contributed by atoms with E-state index in [4.69, 9.17) is 8.83 Å². The molecule has 0 aliphatic carbocycles. The number of hydrogen-bond acceptors (Lipinski definition) is 5. The number of amides is 1. The molecule has 0 radical (unpaired) electrons. The minimum atomic E-state index is -0.528. The number of nitrogens with one attached hydrogen (secondary N) is 1. The van der Waals surface area contributed by atoms with E-state index in [-0.39, 0.29) is 30.9 Å². The number of aliphatic hydroxyl groups excluding tert-OH is 1. The highest BCUT2D eigenvalue weighted by atomic mass is 16.4. The summed E-state index contributed by atoms with van der Waals surface area (Å²) >= 11 is 0. The van der Waals surface area contributed by atoms with E-state index in [9.17, 15) is 14.7 Å². The van der Waals surface area contributed by atoms with Gasteiger partial charge in [0.05, 0.1) is 24.6 Å². The van der Waals surface area contributed by atoms with Crippen LogP contribution in [-0.4, -0.2) is 23.7 Å². The van der Waals surface area contributed by atoms with Crippen molar-refractivity contribution in [2.75, 3.05) is 6.61 Å². The zero-order valence-corrected chi connectivity index (χ0v) is 16.3. The van der Waals surface area contributed by atoms with Gasteiger partial charge >= 0.3 is 5.63 Å². The number of rotatable bonds is 5. The van der Waals surface area contributed by atoms with Crippen molar-refractivity contribution in [1.82, 2.24) is 5.32 Å². The summed E-state index contributed by atoms with van der Waals surface area (Å²) in [5.41, 5.74) is 2.69. The fourth-order valence-corrected chi connectivity index (χ4v) is 3.27. The number of benzene rings is 1. The van der Waals surface area contributed by atoms with Crippen molar-refractivity contribution in [1.29, 1.82) is 0 Å². The van der Waals surface area contributed by atoms with E-state index in [0.717, 1.165) is 27.7 Å². The van der Waals surface area contributed by atoms with Gasteiger partial charge in [0.25, 0.3) is 0 Å². The second kappa shape index (κ2) is 7.19. The lowest BCUT2D eigenvalue weighted by Crippen LogP contribution is -2.42. The molecular formula is C21H25NO5. The topological polar surface area (TPSA) is 92.7 Å². The molecule has 1 atom stereocenters. The number of furan rings is 1. The second-order valence-electron chi connectivity index (χ2n) is 7.40. The summed E-state index contributed by atoms with van der Waals surface area (Å²) in [7, 11) is 0. The molecular weight excluding hydrogens is 346 g/mol. The van der Waals surface area contributed by atoms with Gasteiger partial charge in [-0.15, -0.1) is 0 Å². The largest absolute Gasteiger partial charge is 0.461 e. The van der Waals surface area contributed by atoms with Crippen LogP contribution >= 0.6 is 0 Å². The maximum Gasteiger partial charge on any atom is 0.340 e. The molecule has 6 heteroatoms. The molecule has 0 unspecified atom stereocenters. The molecule has 0 saturated carbocycles. The Labute approximate surface area is 157 Å². The maximum atomic E-state index is 12.5. The van der Waals surface area contributed by atoms with Crippen molar-refractivity contribution >= 4 is 27.8 Å². The van der Waals surface area contributed by atoms with Crippen LogP contribution in [0.5, 0.6) is 0 Å². The monoisotopic (exact) mass is 371 g/mol. The molecule has 2 heterocycles. The third kappa shape index (κ3) is 3.49. The van der Waals surface area contributed by atoms with Crippen LogP contribution < -0.4 is 10.9 Å². The van der Waals surface area contributed by atoms with Gasteiger partial charge in [-0.05, 0) is 43.9 Å². The number of carbonyl (C=O) groups is 1. The van der Waals surface area contributed by atoms with Gasteiger partial charge in [-0.25, -0.2) is 4.79 Å². The molecule has 6 nitrogen and oxygen atoms in total. The Morgan fingerprint density at radius 2 is 1.70 bits per heavy atom. The summed E-state index contributed by atoms with van der Waals surface area (Å²) in [6.45, 7) is 9.38. The number of fused-ring (bicyclic) bond motifs is 2. The Balaban J connectivity index is 2.03. The van der Waals surface area contributed by atoms with Crippen molar-refractivity contribution in [2.24, 2.45) is 5.92 Å². The average molecular weight is 371 g/mol. The zero-order valence-electron chi connectivity index (χ0n) is 16.3. The average Bonchev–Trinajstić information content (AvgIpc) is 2.88. The maximum absolute atomic E-state index is 12.5. The standard InChI is InChI=1S/C21H25NO5/c1-10(2)17(9-23)22-20(24)7-16-12(4)15-6-14-11(3)13(5)26-18(14)8-19(15)27-21(16)25/h6,8,10,17,23H,7,9H2,1-5H3,(H,22,24)/t17-/m1/s1. The molecule has 0 spiro atoms. The quantitative estimate of drug-likeness (QED) is 0.672. The van der Waals surface area contributed by atoms with Crippen LogP contribution in [0, 0.1) is 26.7 Å². The predicted molar refractivity (Wildman–Crippen MR) is 104 cm³/mol. The molecule has 1 aromatic carbocycles. The van der Waals surface area contributed by atoms with Gasteiger partial charge in [0.1, 0.15) is 16.9 Å². The molecule has 0 fully saturated rings. The Bertz CT molecular complexity index is 1070. The molecule has 2 N–H and O–H groups in total. The Hall–Kier alpha value is -2.60. The van der Waals surface area contributed by atoms with Crippen LogP contribution in [0.4, 0.5) is 0 Å². The lowest BCUT2D eigenvalue weighted by Gasteiger charge is -2.20. The molecule has 0 aliphatic heterocycles. The highest BCUT2D eigenvalue weighted by Gasteiger charge is 2.20. The van der Waals surface area contributed by atoms with E-state index < -0.39 is 5.63 Å². The first-order valence-electron chi connectivity index (χ1n) is 9.09. The summed E-state index contributed by atoms with van der Waals surface area (Å²) in [6.07, 6.45) is -0.0885. The molecule has 2 aromatic heterocycles. The summed E-state index contributed by atoms with van der Waals surface area (Å²) in [4.78, 5) is 24.8. The van der Waals surface area contributed by atoms with Gasteiger partial charge in [-0.2, -0.15) is 0 Å². The smallest absolute Gasteiger partial charge is 0.340 e. The number of aryl methyl sites for hydroxylation is 3. The van der Waals surface area contributed by atoms with Crippen LogP contribution in [0.2, 0.25) is 0 Å². The molecule has 0 aliphatic rings. The van der Waals surface area contributed by atoms with Gasteiger partial charge in [0, 0.05) is 16.8 Å². The summed E-state index contributed by atoms with van der Waals surface area (Å²) < 4.78 is 11.2. The van der Waals surface area contributed by atoms with Crippen LogP contribution in [0.15, 0.2) is 25.8 Å². The van der Waals surface area contributed by atoms with E-state index in [1.54, 1.807) is 6.07 Å². The Morgan fingerprint density at radius 3 is 2.33 bits per heavy atom. The Morgan fingerprint density at radius 1 is 1.07 bits per heavy atom. The number of carbonyl (C=O) groups excluding carboxylic acids is 1. The van der Waals surface area contributed by atoms with Crippen LogP contribution in [0.25, 0.3) is 21.9 Å². The van der Waals surface area contributed by atoms with Gasteiger partial charge in [0.2, 0.25) is 5.91 Å². The van der Waals surface area contributed by atoms with Crippen molar-refractivity contribution in [3.63, 3.8) is 0 Å². The number of aliphatic hydroxyl groups is 1. The molecule has 0 bridgehead atoms. The fourth-order valence-electron chi connectivity index (χ4n) is 3.27. The highest BCUT2D eigenvalue weighted by molar-refractivity contribution is 5.97. The van der Waals surface area contributed by atoms with Gasteiger partial charge in [-0.3, -0.25) is 4.79 Å². The van der Waals surface area contributed by atoms with Crippen LogP contribution in [0.3, 0.4) is 0 Å². The first kappa shape index (κ1) is 19.2. The van der Waals surface area contributed by atoms with Crippen molar-refractivity contribution in [3.8, 4) is 0 Å². The fraction of sp³-hybridized carbons (Fsp3) is 0.429. The normalized spacial score (nSPS) is 12.9. The third-order valence-corrected chi connectivity index (χ3v) is 5.27. The zero-order chi connectivity index (χ0) is 19.9. The minimum Gasteiger partial charge on any atom is -0.461 e. The lowest BCUT2D eigenvalue weighted by atomic mass is 10.0.